The van der Waals surface area contributed by atoms with Gasteiger partial charge in [0.1, 0.15) is 0 Å². The molecule has 5 nitrogen and oxygen atoms in total. The van der Waals surface area contributed by atoms with Gasteiger partial charge in [0.05, 0.1) is 5.70 Å². The Bertz CT molecular complexity index is 564. The van der Waals surface area contributed by atoms with Gasteiger partial charge in [-0.2, -0.15) is 0 Å². The molecule has 1 aromatic rings. The maximum Gasteiger partial charge on any atom is 0.436 e. The van der Waals surface area contributed by atoms with Gasteiger partial charge in [-0.3, -0.25) is 10.1 Å². The van der Waals surface area contributed by atoms with E-state index < -0.39 is 6.09 Å². The molecule has 21 heavy (non-hydrogen) atoms. The number of benzene rings is 1. The van der Waals surface area contributed by atoms with E-state index in [1.165, 1.54) is 5.06 Å². The fourth-order valence-electron chi connectivity index (χ4n) is 2.36. The van der Waals surface area contributed by atoms with Crippen molar-refractivity contribution in [2.24, 2.45) is 5.41 Å². The van der Waals surface area contributed by atoms with Gasteiger partial charge in [0.15, 0.2) is 5.78 Å². The third kappa shape index (κ3) is 4.34. The molecule has 0 fully saturated rings. The average molecular weight is 288 g/mol. The van der Waals surface area contributed by atoms with Crippen molar-refractivity contribution in [1.29, 1.82) is 0 Å². The summed E-state index contributed by atoms with van der Waals surface area (Å²) in [5.74, 6) is 0.0557. The van der Waals surface area contributed by atoms with Gasteiger partial charge in [-0.15, -0.1) is 0 Å². The molecule has 0 atom stereocenters. The van der Waals surface area contributed by atoms with Crippen LogP contribution in [0.1, 0.15) is 26.7 Å². The molecule has 5 heteroatoms. The molecule has 1 aromatic carbocycles. The summed E-state index contributed by atoms with van der Waals surface area (Å²) >= 11 is 0. The number of ketones is 1. The summed E-state index contributed by atoms with van der Waals surface area (Å²) in [6.45, 7) is 4.05. The van der Waals surface area contributed by atoms with Crippen molar-refractivity contribution in [3.63, 3.8) is 0 Å². The molecule has 0 saturated carbocycles. The molecule has 1 aliphatic rings. The number of hydroxylamine groups is 2. The summed E-state index contributed by atoms with van der Waals surface area (Å²) < 4.78 is 0. The highest BCUT2D eigenvalue weighted by Crippen LogP contribution is 2.34. The van der Waals surface area contributed by atoms with Crippen LogP contribution in [0, 0.1) is 5.41 Å². The maximum absolute atomic E-state index is 11.8. The molecule has 0 saturated heterocycles. The van der Waals surface area contributed by atoms with Crippen molar-refractivity contribution < 1.29 is 14.4 Å². The van der Waals surface area contributed by atoms with Crippen molar-refractivity contribution in [3.8, 4) is 0 Å². The SMILES string of the molecule is CN(OC(=O)Nc1ccccc1)C1=CC(=O)CC(C)(C)C1. The highest BCUT2D eigenvalue weighted by atomic mass is 16.7. The van der Waals surface area contributed by atoms with E-state index in [1.54, 1.807) is 25.3 Å². The van der Waals surface area contributed by atoms with Crippen molar-refractivity contribution in [3.05, 3.63) is 42.1 Å². The maximum atomic E-state index is 11.8. The monoisotopic (exact) mass is 288 g/mol. The van der Waals surface area contributed by atoms with Crippen LogP contribution in [-0.2, 0) is 9.63 Å². The normalized spacial score (nSPS) is 16.9. The van der Waals surface area contributed by atoms with E-state index >= 15 is 0 Å². The Morgan fingerprint density at radius 1 is 1.24 bits per heavy atom. The summed E-state index contributed by atoms with van der Waals surface area (Å²) in [5, 5.41) is 3.99. The lowest BCUT2D eigenvalue weighted by Gasteiger charge is -2.32. The first-order valence-electron chi connectivity index (χ1n) is 6.87. The number of carbonyl (C=O) groups excluding carboxylic acids is 2. The predicted octanol–water partition coefficient (Wildman–Crippen LogP) is 3.35. The molecule has 0 aliphatic heterocycles. The first kappa shape index (κ1) is 15.1. The van der Waals surface area contributed by atoms with Crippen LogP contribution in [0.2, 0.25) is 0 Å². The molecular weight excluding hydrogens is 268 g/mol. The second-order valence-corrected chi connectivity index (χ2v) is 5.99. The Kier molecular flexibility index (Phi) is 4.31. The van der Waals surface area contributed by atoms with Crippen LogP contribution in [0.4, 0.5) is 10.5 Å². The third-order valence-corrected chi connectivity index (χ3v) is 3.28. The highest BCUT2D eigenvalue weighted by Gasteiger charge is 2.30. The smallest absolute Gasteiger partial charge is 0.322 e. The quantitative estimate of drug-likeness (QED) is 0.866. The molecule has 0 unspecified atom stereocenters. The molecule has 2 rings (SSSR count). The summed E-state index contributed by atoms with van der Waals surface area (Å²) in [4.78, 5) is 28.7. The zero-order valence-corrected chi connectivity index (χ0v) is 12.6. The van der Waals surface area contributed by atoms with Crippen molar-refractivity contribution in [2.45, 2.75) is 26.7 Å². The number of hydrogen-bond donors (Lipinski definition) is 1. The van der Waals surface area contributed by atoms with Crippen LogP contribution in [0.15, 0.2) is 42.1 Å². The molecular formula is C16H20N2O3. The van der Waals surface area contributed by atoms with Crippen molar-refractivity contribution >= 4 is 17.6 Å². The van der Waals surface area contributed by atoms with Gasteiger partial charge in [0.25, 0.3) is 0 Å². The lowest BCUT2D eigenvalue weighted by Crippen LogP contribution is -2.32. The zero-order chi connectivity index (χ0) is 15.5. The minimum atomic E-state index is -0.583. The summed E-state index contributed by atoms with van der Waals surface area (Å²) in [6, 6.07) is 9.05. The molecule has 112 valence electrons. The standard InChI is InChI=1S/C16H20N2O3/c1-16(2)10-13(9-14(19)11-16)18(3)21-15(20)17-12-7-5-4-6-8-12/h4-9H,10-11H2,1-3H3,(H,17,20). The van der Waals surface area contributed by atoms with Gasteiger partial charge in [-0.25, -0.2) is 9.86 Å². The fourth-order valence-corrected chi connectivity index (χ4v) is 2.36. The second kappa shape index (κ2) is 5.99. The first-order valence-corrected chi connectivity index (χ1v) is 6.87. The summed E-state index contributed by atoms with van der Waals surface area (Å²) in [6.07, 6.45) is 2.16. The van der Waals surface area contributed by atoms with Gasteiger partial charge < -0.3 is 4.84 Å². The van der Waals surface area contributed by atoms with Gasteiger partial charge >= 0.3 is 6.09 Å². The first-order chi connectivity index (χ1) is 9.85. The molecule has 1 amide bonds. The van der Waals surface area contributed by atoms with Gasteiger partial charge in [-0.1, -0.05) is 32.0 Å². The predicted molar refractivity (Wildman–Crippen MR) is 80.4 cm³/mol. The fraction of sp³-hybridized carbons (Fsp3) is 0.375. The molecule has 1 aliphatic carbocycles. The van der Waals surface area contributed by atoms with Crippen LogP contribution >= 0.6 is 0 Å². The van der Waals surface area contributed by atoms with Gasteiger partial charge in [-0.05, 0) is 24.0 Å². The molecule has 0 aromatic heterocycles. The number of nitrogens with zero attached hydrogens (tertiary/aromatic N) is 1. The van der Waals surface area contributed by atoms with Gasteiger partial charge in [0, 0.05) is 25.2 Å². The number of allylic oxidation sites excluding steroid dienone is 2. The Balaban J connectivity index is 1.96. The third-order valence-electron chi connectivity index (χ3n) is 3.28. The van der Waals surface area contributed by atoms with E-state index in [1.807, 2.05) is 32.0 Å². The minimum Gasteiger partial charge on any atom is -0.322 e. The topological polar surface area (TPSA) is 58.6 Å². The Morgan fingerprint density at radius 2 is 1.90 bits per heavy atom. The zero-order valence-electron chi connectivity index (χ0n) is 12.6. The number of para-hydroxylation sites is 1. The van der Waals surface area contributed by atoms with Crippen molar-refractivity contribution in [2.75, 3.05) is 12.4 Å². The van der Waals surface area contributed by atoms with Gasteiger partial charge in [0.2, 0.25) is 0 Å². The number of nitrogens with one attached hydrogen (secondary N) is 1. The minimum absolute atomic E-state index is 0.0557. The van der Waals surface area contributed by atoms with E-state index in [0.29, 0.717) is 24.2 Å². The lowest BCUT2D eigenvalue weighted by molar-refractivity contribution is -0.118. The number of hydrogen-bond acceptors (Lipinski definition) is 4. The van der Waals surface area contributed by atoms with E-state index in [2.05, 4.69) is 5.32 Å². The van der Waals surface area contributed by atoms with E-state index in [4.69, 9.17) is 4.84 Å². The molecule has 1 N–H and O–H groups in total. The van der Waals surface area contributed by atoms with Crippen LogP contribution < -0.4 is 5.32 Å². The van der Waals surface area contributed by atoms with E-state index in [0.717, 1.165) is 0 Å². The van der Waals surface area contributed by atoms with Crippen LogP contribution in [0.25, 0.3) is 0 Å². The second-order valence-electron chi connectivity index (χ2n) is 5.99. The number of anilines is 1. The lowest BCUT2D eigenvalue weighted by atomic mass is 9.79. The molecule has 0 spiro atoms. The van der Waals surface area contributed by atoms with E-state index in [-0.39, 0.29) is 11.2 Å². The molecule has 0 bridgehead atoms. The van der Waals surface area contributed by atoms with E-state index in [9.17, 15) is 9.59 Å². The number of carbonyl (C=O) groups is 2. The summed E-state index contributed by atoms with van der Waals surface area (Å²) in [5.41, 5.74) is 1.25. The largest absolute Gasteiger partial charge is 0.436 e. The number of rotatable bonds is 3. The number of amides is 1. The van der Waals surface area contributed by atoms with Crippen molar-refractivity contribution in [1.82, 2.24) is 5.06 Å². The molecule has 0 heterocycles. The van der Waals surface area contributed by atoms with Crippen LogP contribution in [0.3, 0.4) is 0 Å². The Labute approximate surface area is 124 Å². The highest BCUT2D eigenvalue weighted by molar-refractivity contribution is 5.91. The van der Waals surface area contributed by atoms with Crippen LogP contribution in [0.5, 0.6) is 0 Å². The van der Waals surface area contributed by atoms with Crippen LogP contribution in [-0.4, -0.2) is 24.0 Å². The summed E-state index contributed by atoms with van der Waals surface area (Å²) in [7, 11) is 1.63. The average Bonchev–Trinajstić information content (AvgIpc) is 2.37. The Hall–Kier alpha value is -2.30. The Morgan fingerprint density at radius 3 is 2.52 bits per heavy atom. The molecule has 0 radical (unpaired) electrons.